The maximum Gasteiger partial charge on any atom is 0.335 e. The topological polar surface area (TPSA) is 105 Å². The van der Waals surface area contributed by atoms with Gasteiger partial charge in [0.25, 0.3) is 11.5 Å². The number of aromatic nitrogens is 1. The predicted octanol–water partition coefficient (Wildman–Crippen LogP) is 2.18. The van der Waals surface area contributed by atoms with Crippen molar-refractivity contribution >= 4 is 17.7 Å². The molecule has 0 bridgehead atoms. The molecule has 0 spiro atoms. The molecule has 1 aliphatic carbocycles. The van der Waals surface area contributed by atoms with Gasteiger partial charge in [-0.05, 0) is 42.0 Å². The molecule has 1 aromatic heterocycles. The van der Waals surface area contributed by atoms with Gasteiger partial charge in [0.1, 0.15) is 5.56 Å². The molecule has 2 atom stereocenters. The fraction of sp³-hybridized carbons (Fsp3) is 0.333. The van der Waals surface area contributed by atoms with Crippen molar-refractivity contribution in [2.45, 2.75) is 26.3 Å². The summed E-state index contributed by atoms with van der Waals surface area (Å²) in [4.78, 5) is 48.4. The number of pyridine rings is 1. The number of benzene rings is 1. The van der Waals surface area contributed by atoms with Gasteiger partial charge in [-0.2, -0.15) is 0 Å². The number of carbonyl (C=O) groups excluding carboxylic acids is 2. The first kappa shape index (κ1) is 19.5. The predicted molar refractivity (Wildman–Crippen MR) is 103 cm³/mol. The number of carbonyl (C=O) groups is 3. The smallest absolute Gasteiger partial charge is 0.335 e. The molecule has 3 rings (SSSR count). The highest BCUT2D eigenvalue weighted by molar-refractivity contribution is 6.00. The van der Waals surface area contributed by atoms with Crippen LogP contribution in [0.3, 0.4) is 0 Å². The van der Waals surface area contributed by atoms with Gasteiger partial charge in [0, 0.05) is 25.2 Å². The fourth-order valence-corrected chi connectivity index (χ4v) is 3.19. The van der Waals surface area contributed by atoms with E-state index in [9.17, 15) is 19.2 Å². The summed E-state index contributed by atoms with van der Waals surface area (Å²) in [6.07, 6.45) is 2.90. The van der Waals surface area contributed by atoms with Crippen LogP contribution in [-0.4, -0.2) is 34.4 Å². The second kappa shape index (κ2) is 7.80. The van der Waals surface area contributed by atoms with Crippen LogP contribution in [0.5, 0.6) is 0 Å². The second-order valence-electron chi connectivity index (χ2n) is 7.26. The van der Waals surface area contributed by atoms with Crippen LogP contribution in [0.2, 0.25) is 0 Å². The Kier molecular flexibility index (Phi) is 5.44. The number of rotatable bonds is 7. The number of aromatic carboxylic acids is 1. The molecule has 1 amide bonds. The van der Waals surface area contributed by atoms with Crippen molar-refractivity contribution in [3.05, 3.63) is 69.1 Å². The van der Waals surface area contributed by atoms with Gasteiger partial charge in [0.15, 0.2) is 5.78 Å². The Labute approximate surface area is 162 Å². The maximum atomic E-state index is 12.7. The molecule has 28 heavy (non-hydrogen) atoms. The van der Waals surface area contributed by atoms with Crippen LogP contribution < -0.4 is 10.9 Å². The first-order valence-corrected chi connectivity index (χ1v) is 9.12. The van der Waals surface area contributed by atoms with Crippen molar-refractivity contribution in [1.82, 2.24) is 9.88 Å². The average molecular weight is 382 g/mol. The summed E-state index contributed by atoms with van der Waals surface area (Å²) in [6.45, 7) is 2.22. The highest BCUT2D eigenvalue weighted by Gasteiger charge is 2.34. The van der Waals surface area contributed by atoms with E-state index in [0.717, 1.165) is 6.42 Å². The molecule has 1 aromatic carbocycles. The van der Waals surface area contributed by atoms with E-state index in [-0.39, 0.29) is 23.5 Å². The minimum atomic E-state index is -1.03. The number of ketones is 1. The van der Waals surface area contributed by atoms with Crippen molar-refractivity contribution in [2.75, 3.05) is 7.05 Å². The van der Waals surface area contributed by atoms with E-state index in [4.69, 9.17) is 5.11 Å². The van der Waals surface area contributed by atoms with Gasteiger partial charge in [-0.1, -0.05) is 19.1 Å². The Morgan fingerprint density at radius 1 is 1.18 bits per heavy atom. The van der Waals surface area contributed by atoms with Gasteiger partial charge in [0.05, 0.1) is 12.1 Å². The molecule has 7 heteroatoms. The molecule has 0 aliphatic heterocycles. The number of nitrogens with one attached hydrogen (secondary N) is 1. The van der Waals surface area contributed by atoms with Crippen LogP contribution in [0, 0.1) is 11.8 Å². The Balaban J connectivity index is 1.94. The van der Waals surface area contributed by atoms with Crippen LogP contribution in [0.15, 0.2) is 41.3 Å². The summed E-state index contributed by atoms with van der Waals surface area (Å²) in [5.74, 6) is -0.780. The number of amides is 1. The third-order valence-corrected chi connectivity index (χ3v) is 5.16. The lowest BCUT2D eigenvalue weighted by Crippen LogP contribution is -2.32. The Morgan fingerprint density at radius 3 is 2.36 bits per heavy atom. The van der Waals surface area contributed by atoms with Crippen molar-refractivity contribution in [3.63, 3.8) is 0 Å². The molecule has 0 radical (unpaired) electrons. The van der Waals surface area contributed by atoms with E-state index < -0.39 is 17.4 Å². The summed E-state index contributed by atoms with van der Waals surface area (Å²) in [5, 5.41) is 11.4. The van der Waals surface area contributed by atoms with Crippen LogP contribution in [0.1, 0.15) is 56.4 Å². The first-order chi connectivity index (χ1) is 13.3. The van der Waals surface area contributed by atoms with E-state index in [1.54, 1.807) is 12.1 Å². The molecule has 1 saturated carbocycles. The Hall–Kier alpha value is -3.22. The van der Waals surface area contributed by atoms with Gasteiger partial charge in [-0.25, -0.2) is 4.79 Å². The fourth-order valence-electron chi connectivity index (χ4n) is 3.19. The molecule has 0 saturated heterocycles. The second-order valence-corrected chi connectivity index (χ2v) is 7.26. The van der Waals surface area contributed by atoms with Gasteiger partial charge in [0.2, 0.25) is 0 Å². The SMILES string of the molecule is CNC(=O)c1cc(C(=O)C[C@H]2C[C@@H]2C)cn(Cc2ccc(C(=O)O)cc2)c1=O. The zero-order valence-electron chi connectivity index (χ0n) is 15.8. The van der Waals surface area contributed by atoms with E-state index in [1.807, 2.05) is 0 Å². The summed E-state index contributed by atoms with van der Waals surface area (Å²) >= 11 is 0. The van der Waals surface area contributed by atoms with E-state index in [0.29, 0.717) is 29.4 Å². The van der Waals surface area contributed by atoms with Crippen LogP contribution >= 0.6 is 0 Å². The average Bonchev–Trinajstić information content (AvgIpc) is 3.37. The summed E-state index contributed by atoms with van der Waals surface area (Å²) < 4.78 is 1.32. The molecule has 1 fully saturated rings. The number of Topliss-reactive ketones (excluding diaryl/α,β-unsaturated/α-hetero) is 1. The summed E-state index contributed by atoms with van der Waals surface area (Å²) in [5.41, 5.74) is 0.580. The van der Waals surface area contributed by atoms with Gasteiger partial charge < -0.3 is 15.0 Å². The van der Waals surface area contributed by atoms with E-state index >= 15 is 0 Å². The molecule has 1 aliphatic rings. The summed E-state index contributed by atoms with van der Waals surface area (Å²) in [6, 6.07) is 7.48. The first-order valence-electron chi connectivity index (χ1n) is 9.12. The Morgan fingerprint density at radius 2 is 1.82 bits per heavy atom. The number of carboxylic acid groups (broad SMARTS) is 1. The minimum absolute atomic E-state index is 0.0839. The van der Waals surface area contributed by atoms with E-state index in [1.165, 1.54) is 36.0 Å². The highest BCUT2D eigenvalue weighted by atomic mass is 16.4. The van der Waals surface area contributed by atoms with Crippen molar-refractivity contribution < 1.29 is 19.5 Å². The molecule has 2 aromatic rings. The maximum absolute atomic E-state index is 12.7. The molecular weight excluding hydrogens is 360 g/mol. The van der Waals surface area contributed by atoms with Crippen LogP contribution in [-0.2, 0) is 6.54 Å². The lowest BCUT2D eigenvalue weighted by atomic mass is 10.0. The van der Waals surface area contributed by atoms with Crippen molar-refractivity contribution in [3.8, 4) is 0 Å². The van der Waals surface area contributed by atoms with Crippen LogP contribution in [0.25, 0.3) is 0 Å². The number of carboxylic acids is 1. The van der Waals surface area contributed by atoms with Gasteiger partial charge in [-0.15, -0.1) is 0 Å². The largest absolute Gasteiger partial charge is 0.478 e. The van der Waals surface area contributed by atoms with Crippen molar-refractivity contribution in [1.29, 1.82) is 0 Å². The van der Waals surface area contributed by atoms with E-state index in [2.05, 4.69) is 12.2 Å². The molecule has 1 heterocycles. The highest BCUT2D eigenvalue weighted by Crippen LogP contribution is 2.41. The third-order valence-electron chi connectivity index (χ3n) is 5.16. The van der Waals surface area contributed by atoms with Crippen LogP contribution in [0.4, 0.5) is 0 Å². The minimum Gasteiger partial charge on any atom is -0.478 e. The zero-order valence-corrected chi connectivity index (χ0v) is 15.8. The summed E-state index contributed by atoms with van der Waals surface area (Å²) in [7, 11) is 1.43. The number of hydrogen-bond acceptors (Lipinski definition) is 4. The molecule has 146 valence electrons. The lowest BCUT2D eigenvalue weighted by molar-refractivity contribution is 0.0696. The standard InChI is InChI=1S/C21H22N2O5/c1-12-7-15(12)9-18(24)16-8-17(19(25)22-2)20(26)23(11-16)10-13-3-5-14(6-4-13)21(27)28/h3-6,8,11-12,15H,7,9-10H2,1-2H3,(H,22,25)(H,27,28)/t12-,15+/m0/s1. The molecule has 0 unspecified atom stereocenters. The monoisotopic (exact) mass is 382 g/mol. The zero-order chi connectivity index (χ0) is 20.4. The van der Waals surface area contributed by atoms with Crippen molar-refractivity contribution in [2.24, 2.45) is 11.8 Å². The molecule has 2 N–H and O–H groups in total. The quantitative estimate of drug-likeness (QED) is 0.714. The molecular formula is C21H22N2O5. The third kappa shape index (κ3) is 4.19. The Bertz CT molecular complexity index is 991. The lowest BCUT2D eigenvalue weighted by Gasteiger charge is -2.11. The molecule has 7 nitrogen and oxygen atoms in total. The normalized spacial score (nSPS) is 17.8. The van der Waals surface area contributed by atoms with Gasteiger partial charge in [-0.3, -0.25) is 14.4 Å². The number of nitrogens with zero attached hydrogens (tertiary/aromatic N) is 1. The number of hydrogen-bond donors (Lipinski definition) is 2. The van der Waals surface area contributed by atoms with Gasteiger partial charge >= 0.3 is 5.97 Å².